The van der Waals surface area contributed by atoms with Crippen molar-refractivity contribution in [3.8, 4) is 0 Å². The first-order valence-corrected chi connectivity index (χ1v) is 9.28. The summed E-state index contributed by atoms with van der Waals surface area (Å²) in [6.07, 6.45) is 4.53. The molecule has 5 nitrogen and oxygen atoms in total. The monoisotopic (exact) mass is 361 g/mol. The van der Waals surface area contributed by atoms with Gasteiger partial charge >= 0.3 is 0 Å². The van der Waals surface area contributed by atoms with Crippen molar-refractivity contribution in [3.63, 3.8) is 0 Å². The summed E-state index contributed by atoms with van der Waals surface area (Å²) in [6.45, 7) is 2.32. The van der Waals surface area contributed by atoms with Crippen molar-refractivity contribution in [2.45, 2.75) is 26.3 Å². The summed E-state index contributed by atoms with van der Waals surface area (Å²) >= 11 is 12.2. The Bertz CT molecular complexity index is 724. The van der Waals surface area contributed by atoms with Crippen LogP contribution in [0.25, 0.3) is 0 Å². The molecule has 1 aromatic heterocycles. The van der Waals surface area contributed by atoms with Gasteiger partial charge in [-0.1, -0.05) is 42.6 Å². The quantitative estimate of drug-likeness (QED) is 0.815. The average molecular weight is 362 g/mol. The van der Waals surface area contributed by atoms with Gasteiger partial charge in [-0.2, -0.15) is 5.10 Å². The molecule has 1 aromatic carbocycles. The topological polar surface area (TPSA) is 64.0 Å². The Balaban J connectivity index is 2.09. The number of sulfonamides is 1. The van der Waals surface area contributed by atoms with E-state index in [0.717, 1.165) is 12.0 Å². The third-order valence-corrected chi connectivity index (χ3v) is 5.14. The van der Waals surface area contributed by atoms with Crippen LogP contribution in [0.4, 0.5) is 5.69 Å². The Morgan fingerprint density at radius 1 is 1.27 bits per heavy atom. The van der Waals surface area contributed by atoms with E-state index in [2.05, 4.69) is 9.82 Å². The molecule has 120 valence electrons. The van der Waals surface area contributed by atoms with Crippen LogP contribution in [0.1, 0.15) is 25.3 Å². The Kier molecular flexibility index (Phi) is 5.72. The molecule has 1 heterocycles. The molecule has 0 saturated carbocycles. The lowest BCUT2D eigenvalue weighted by atomic mass is 10.2. The van der Waals surface area contributed by atoms with Crippen LogP contribution < -0.4 is 4.72 Å². The van der Waals surface area contributed by atoms with Crippen molar-refractivity contribution in [1.29, 1.82) is 0 Å². The molecule has 0 amide bonds. The Morgan fingerprint density at radius 3 is 2.59 bits per heavy atom. The van der Waals surface area contributed by atoms with Crippen LogP contribution in [0.5, 0.6) is 0 Å². The number of nitrogens with one attached hydrogen (secondary N) is 1. The summed E-state index contributed by atoms with van der Waals surface area (Å²) in [6, 6.07) is 5.27. The molecule has 0 radical (unpaired) electrons. The summed E-state index contributed by atoms with van der Waals surface area (Å²) in [5.41, 5.74) is 1.17. The van der Waals surface area contributed by atoms with Crippen molar-refractivity contribution in [3.05, 3.63) is 46.2 Å². The molecule has 1 N–H and O–H groups in total. The fourth-order valence-corrected chi connectivity index (χ4v) is 3.67. The molecule has 0 saturated heterocycles. The van der Waals surface area contributed by atoms with Gasteiger partial charge in [-0.15, -0.1) is 0 Å². The Morgan fingerprint density at radius 2 is 1.95 bits per heavy atom. The van der Waals surface area contributed by atoms with E-state index < -0.39 is 10.0 Å². The second-order valence-electron chi connectivity index (χ2n) is 4.90. The number of halogens is 2. The standard InChI is InChI=1S/C14H17Cl2N3O2S/c1-2-3-7-22(20,21)18-11-8-17-19(9-11)10-12-13(15)5-4-6-14(12)16/h4-6,8-9,18H,2-3,7,10H2,1H3. The van der Waals surface area contributed by atoms with Gasteiger partial charge in [0.25, 0.3) is 0 Å². The van der Waals surface area contributed by atoms with E-state index in [1.807, 2.05) is 6.92 Å². The van der Waals surface area contributed by atoms with Gasteiger partial charge in [0, 0.05) is 21.8 Å². The van der Waals surface area contributed by atoms with Gasteiger partial charge in [0.05, 0.1) is 24.2 Å². The van der Waals surface area contributed by atoms with Gasteiger partial charge in [0.2, 0.25) is 10.0 Å². The summed E-state index contributed by atoms with van der Waals surface area (Å²) in [5, 5.41) is 5.23. The number of rotatable bonds is 7. The smallest absolute Gasteiger partial charge is 0.232 e. The normalized spacial score (nSPS) is 11.6. The van der Waals surface area contributed by atoms with E-state index in [1.165, 1.54) is 6.20 Å². The zero-order chi connectivity index (χ0) is 16.2. The van der Waals surface area contributed by atoms with E-state index >= 15 is 0 Å². The molecule has 0 spiro atoms. The molecule has 0 bridgehead atoms. The third kappa shape index (κ3) is 4.63. The molecule has 22 heavy (non-hydrogen) atoms. The maximum atomic E-state index is 11.8. The van der Waals surface area contributed by atoms with Crippen molar-refractivity contribution < 1.29 is 8.42 Å². The summed E-state index contributed by atoms with van der Waals surface area (Å²) in [4.78, 5) is 0. The number of benzene rings is 1. The van der Waals surface area contributed by atoms with Crippen molar-refractivity contribution in [1.82, 2.24) is 9.78 Å². The first kappa shape index (κ1) is 17.1. The lowest BCUT2D eigenvalue weighted by Gasteiger charge is -2.07. The third-order valence-electron chi connectivity index (χ3n) is 3.06. The highest BCUT2D eigenvalue weighted by atomic mass is 35.5. The minimum Gasteiger partial charge on any atom is -0.280 e. The van der Waals surface area contributed by atoms with Gasteiger partial charge < -0.3 is 0 Å². The molecule has 0 unspecified atom stereocenters. The second-order valence-corrected chi connectivity index (χ2v) is 7.56. The second kappa shape index (κ2) is 7.35. The minimum absolute atomic E-state index is 0.102. The SMILES string of the molecule is CCCCS(=O)(=O)Nc1cnn(Cc2c(Cl)cccc2Cl)c1. The molecule has 8 heteroatoms. The largest absolute Gasteiger partial charge is 0.280 e. The van der Waals surface area contributed by atoms with E-state index in [9.17, 15) is 8.42 Å². The zero-order valence-corrected chi connectivity index (χ0v) is 14.4. The molecule has 2 aromatic rings. The predicted molar refractivity (Wildman–Crippen MR) is 90.1 cm³/mol. The van der Waals surface area contributed by atoms with Gasteiger partial charge in [-0.05, 0) is 18.6 Å². The molecular formula is C14H17Cl2N3O2S. The summed E-state index contributed by atoms with van der Waals surface area (Å²) in [7, 11) is -3.33. The molecular weight excluding hydrogens is 345 g/mol. The van der Waals surface area contributed by atoms with Crippen molar-refractivity contribution in [2.75, 3.05) is 10.5 Å². The molecule has 0 aliphatic rings. The number of aromatic nitrogens is 2. The number of hydrogen-bond donors (Lipinski definition) is 1. The minimum atomic E-state index is -3.33. The fraction of sp³-hybridized carbons (Fsp3) is 0.357. The predicted octanol–water partition coefficient (Wildman–Crippen LogP) is 3.78. The Hall–Kier alpha value is -1.24. The fourth-order valence-electron chi connectivity index (χ4n) is 1.91. The highest BCUT2D eigenvalue weighted by Gasteiger charge is 2.12. The number of unbranched alkanes of at least 4 members (excludes halogenated alkanes) is 1. The van der Waals surface area contributed by atoms with Crippen LogP contribution >= 0.6 is 23.2 Å². The van der Waals surface area contributed by atoms with Crippen LogP contribution in [0.2, 0.25) is 10.0 Å². The lowest BCUT2D eigenvalue weighted by Crippen LogP contribution is -2.16. The van der Waals surface area contributed by atoms with Crippen LogP contribution in [-0.4, -0.2) is 24.0 Å². The first-order valence-electron chi connectivity index (χ1n) is 6.87. The average Bonchev–Trinajstić information content (AvgIpc) is 2.87. The summed E-state index contributed by atoms with van der Waals surface area (Å²) < 4.78 is 27.8. The van der Waals surface area contributed by atoms with Crippen LogP contribution in [0, 0.1) is 0 Å². The maximum Gasteiger partial charge on any atom is 0.232 e. The number of hydrogen-bond acceptors (Lipinski definition) is 3. The molecule has 2 rings (SSSR count). The van der Waals surface area contributed by atoms with Gasteiger partial charge in [0.1, 0.15) is 0 Å². The van der Waals surface area contributed by atoms with Gasteiger partial charge in [-0.25, -0.2) is 8.42 Å². The molecule has 0 aliphatic heterocycles. The maximum absolute atomic E-state index is 11.8. The Labute approximate surface area is 140 Å². The number of anilines is 1. The zero-order valence-electron chi connectivity index (χ0n) is 12.1. The first-order chi connectivity index (χ1) is 10.4. The van der Waals surface area contributed by atoms with Gasteiger partial charge in [0.15, 0.2) is 0 Å². The lowest BCUT2D eigenvalue weighted by molar-refractivity contribution is 0.598. The van der Waals surface area contributed by atoms with Crippen LogP contribution in [-0.2, 0) is 16.6 Å². The van der Waals surface area contributed by atoms with E-state index in [1.54, 1.807) is 29.1 Å². The highest BCUT2D eigenvalue weighted by molar-refractivity contribution is 7.92. The van der Waals surface area contributed by atoms with E-state index in [0.29, 0.717) is 28.7 Å². The number of nitrogens with zero attached hydrogens (tertiary/aromatic N) is 2. The molecule has 0 fully saturated rings. The highest BCUT2D eigenvalue weighted by Crippen LogP contribution is 2.25. The summed E-state index contributed by atoms with van der Waals surface area (Å²) in [5.74, 6) is 0.102. The molecule has 0 aliphatic carbocycles. The van der Waals surface area contributed by atoms with Gasteiger partial charge in [-0.3, -0.25) is 9.40 Å². The van der Waals surface area contributed by atoms with Crippen molar-refractivity contribution >= 4 is 38.9 Å². The van der Waals surface area contributed by atoms with E-state index in [-0.39, 0.29) is 5.75 Å². The van der Waals surface area contributed by atoms with Crippen LogP contribution in [0.3, 0.4) is 0 Å². The van der Waals surface area contributed by atoms with Crippen LogP contribution in [0.15, 0.2) is 30.6 Å². The van der Waals surface area contributed by atoms with Crippen molar-refractivity contribution in [2.24, 2.45) is 0 Å². The molecule has 0 atom stereocenters. The van der Waals surface area contributed by atoms with E-state index in [4.69, 9.17) is 23.2 Å².